The summed E-state index contributed by atoms with van der Waals surface area (Å²) in [4.78, 5) is 14.8. The molecule has 0 aromatic carbocycles. The van der Waals surface area contributed by atoms with Crippen LogP contribution in [0.4, 0.5) is 0 Å². The van der Waals surface area contributed by atoms with Crippen LogP contribution in [-0.4, -0.2) is 15.3 Å². The molecule has 4 nitrogen and oxygen atoms in total. The number of halogens is 1. The molecular weight excluding hydrogens is 190 g/mol. The molecule has 68 valence electrons. The molecule has 2 N–H and O–H groups in total. The molecule has 2 aromatic rings. The molecular formula is C8H8ClN3O. The van der Waals surface area contributed by atoms with Crippen molar-refractivity contribution in [2.45, 2.75) is 0 Å². The molecule has 2 rings (SSSR count). The number of primary amides is 1. The number of hydrogen-bond acceptors (Lipinski definition) is 2. The predicted molar refractivity (Wildman–Crippen MR) is 51.0 cm³/mol. The molecule has 0 saturated carbocycles. The standard InChI is InChI=1S/C8H7N3O.ClH/c9-8(12)6-1-2-7-10-3-4-11(7)5-6;/h1-5H,(H2,9,12);1H. The first-order chi connectivity index (χ1) is 5.77. The summed E-state index contributed by atoms with van der Waals surface area (Å²) in [6, 6.07) is 3.41. The van der Waals surface area contributed by atoms with Gasteiger partial charge in [-0.3, -0.25) is 4.79 Å². The molecule has 0 aliphatic carbocycles. The maximum Gasteiger partial charge on any atom is 0.250 e. The lowest BCUT2D eigenvalue weighted by molar-refractivity contribution is 0.1000. The van der Waals surface area contributed by atoms with Crippen molar-refractivity contribution in [1.82, 2.24) is 9.38 Å². The van der Waals surface area contributed by atoms with E-state index in [1.807, 2.05) is 0 Å². The molecule has 0 aliphatic heterocycles. The van der Waals surface area contributed by atoms with Crippen LogP contribution in [0.5, 0.6) is 0 Å². The monoisotopic (exact) mass is 197 g/mol. The summed E-state index contributed by atoms with van der Waals surface area (Å²) in [5.41, 5.74) is 6.39. The number of nitrogens with two attached hydrogens (primary N) is 1. The second-order valence-corrected chi connectivity index (χ2v) is 2.47. The molecule has 0 atom stereocenters. The van der Waals surface area contributed by atoms with Crippen molar-refractivity contribution in [3.05, 3.63) is 36.3 Å². The van der Waals surface area contributed by atoms with E-state index < -0.39 is 5.91 Å². The molecule has 0 saturated heterocycles. The van der Waals surface area contributed by atoms with Gasteiger partial charge in [0.25, 0.3) is 0 Å². The van der Waals surface area contributed by atoms with Gasteiger partial charge in [-0.25, -0.2) is 4.98 Å². The van der Waals surface area contributed by atoms with Crippen LogP contribution in [0.2, 0.25) is 0 Å². The summed E-state index contributed by atoms with van der Waals surface area (Å²) in [5.74, 6) is -0.425. The Kier molecular flexibility index (Phi) is 2.53. The Balaban J connectivity index is 0.000000845. The van der Waals surface area contributed by atoms with Crippen molar-refractivity contribution < 1.29 is 4.79 Å². The fraction of sp³-hybridized carbons (Fsp3) is 0. The number of nitrogens with zero attached hydrogens (tertiary/aromatic N) is 2. The van der Waals surface area contributed by atoms with Crippen molar-refractivity contribution in [3.63, 3.8) is 0 Å². The number of carbonyl (C=O) groups is 1. The number of fused-ring (bicyclic) bond motifs is 1. The van der Waals surface area contributed by atoms with Crippen LogP contribution < -0.4 is 5.73 Å². The van der Waals surface area contributed by atoms with Crippen LogP contribution in [0.1, 0.15) is 10.4 Å². The third kappa shape index (κ3) is 1.62. The average molecular weight is 198 g/mol. The molecule has 2 heterocycles. The van der Waals surface area contributed by atoms with Crippen LogP contribution in [0.25, 0.3) is 5.65 Å². The molecule has 0 bridgehead atoms. The van der Waals surface area contributed by atoms with Gasteiger partial charge in [-0.1, -0.05) is 0 Å². The predicted octanol–water partition coefficient (Wildman–Crippen LogP) is 0.855. The van der Waals surface area contributed by atoms with Gasteiger partial charge in [0.1, 0.15) is 5.65 Å². The van der Waals surface area contributed by atoms with Crippen molar-refractivity contribution >= 4 is 24.0 Å². The lowest BCUT2D eigenvalue weighted by Crippen LogP contribution is -2.11. The first-order valence-electron chi connectivity index (χ1n) is 3.50. The first-order valence-corrected chi connectivity index (χ1v) is 3.50. The highest BCUT2D eigenvalue weighted by atomic mass is 35.5. The van der Waals surface area contributed by atoms with E-state index in [-0.39, 0.29) is 12.4 Å². The van der Waals surface area contributed by atoms with Gasteiger partial charge < -0.3 is 10.1 Å². The van der Waals surface area contributed by atoms with Crippen molar-refractivity contribution in [2.75, 3.05) is 0 Å². The van der Waals surface area contributed by atoms with Crippen molar-refractivity contribution in [1.29, 1.82) is 0 Å². The van der Waals surface area contributed by atoms with Gasteiger partial charge in [-0.05, 0) is 12.1 Å². The minimum atomic E-state index is -0.425. The van der Waals surface area contributed by atoms with E-state index in [4.69, 9.17) is 5.73 Å². The van der Waals surface area contributed by atoms with Crippen molar-refractivity contribution in [3.8, 4) is 0 Å². The van der Waals surface area contributed by atoms with Gasteiger partial charge in [0.2, 0.25) is 5.91 Å². The summed E-state index contributed by atoms with van der Waals surface area (Å²) in [7, 11) is 0. The Labute approximate surface area is 80.8 Å². The Bertz CT molecular complexity index is 438. The highest BCUT2D eigenvalue weighted by Gasteiger charge is 2.00. The number of aromatic nitrogens is 2. The van der Waals surface area contributed by atoms with E-state index in [0.29, 0.717) is 5.56 Å². The van der Waals surface area contributed by atoms with Crippen LogP contribution >= 0.6 is 12.4 Å². The SMILES string of the molecule is Cl.NC(=O)c1ccc2nccn2c1. The Morgan fingerprint density at radius 2 is 2.23 bits per heavy atom. The summed E-state index contributed by atoms with van der Waals surface area (Å²) >= 11 is 0. The molecule has 1 amide bonds. The zero-order valence-electron chi connectivity index (χ0n) is 6.68. The maximum atomic E-state index is 10.8. The van der Waals surface area contributed by atoms with E-state index >= 15 is 0 Å². The van der Waals surface area contributed by atoms with E-state index in [1.54, 1.807) is 35.1 Å². The summed E-state index contributed by atoms with van der Waals surface area (Å²) in [5, 5.41) is 0. The third-order valence-corrected chi connectivity index (χ3v) is 1.67. The Hall–Kier alpha value is -1.55. The number of hydrogen-bond donors (Lipinski definition) is 1. The lowest BCUT2D eigenvalue weighted by atomic mass is 10.3. The molecule has 0 unspecified atom stereocenters. The minimum absolute atomic E-state index is 0. The quantitative estimate of drug-likeness (QED) is 0.737. The second-order valence-electron chi connectivity index (χ2n) is 2.47. The van der Waals surface area contributed by atoms with E-state index in [9.17, 15) is 4.79 Å². The number of amides is 1. The Morgan fingerprint density at radius 1 is 1.46 bits per heavy atom. The van der Waals surface area contributed by atoms with Crippen LogP contribution in [0, 0.1) is 0 Å². The molecule has 0 fully saturated rings. The molecule has 5 heteroatoms. The fourth-order valence-electron chi connectivity index (χ4n) is 1.07. The number of rotatable bonds is 1. The Morgan fingerprint density at radius 3 is 2.92 bits per heavy atom. The molecule has 13 heavy (non-hydrogen) atoms. The summed E-state index contributed by atoms with van der Waals surface area (Å²) < 4.78 is 1.75. The fourth-order valence-corrected chi connectivity index (χ4v) is 1.07. The van der Waals surface area contributed by atoms with Crippen LogP contribution in [0.3, 0.4) is 0 Å². The molecule has 0 radical (unpaired) electrons. The average Bonchev–Trinajstić information content (AvgIpc) is 2.49. The highest BCUT2D eigenvalue weighted by molar-refractivity contribution is 5.92. The first kappa shape index (κ1) is 9.54. The topological polar surface area (TPSA) is 60.4 Å². The van der Waals surface area contributed by atoms with Gasteiger partial charge in [0.05, 0.1) is 5.56 Å². The van der Waals surface area contributed by atoms with Gasteiger partial charge in [-0.15, -0.1) is 12.4 Å². The van der Waals surface area contributed by atoms with E-state index in [2.05, 4.69) is 4.98 Å². The second kappa shape index (κ2) is 3.45. The van der Waals surface area contributed by atoms with Gasteiger partial charge in [-0.2, -0.15) is 0 Å². The largest absolute Gasteiger partial charge is 0.366 e. The molecule has 2 aromatic heterocycles. The molecule has 0 aliphatic rings. The van der Waals surface area contributed by atoms with E-state index in [1.165, 1.54) is 0 Å². The zero-order valence-corrected chi connectivity index (χ0v) is 7.49. The number of imidazole rings is 1. The number of pyridine rings is 1. The van der Waals surface area contributed by atoms with Crippen molar-refractivity contribution in [2.24, 2.45) is 5.73 Å². The van der Waals surface area contributed by atoms with Gasteiger partial charge in [0, 0.05) is 18.6 Å². The maximum absolute atomic E-state index is 10.8. The van der Waals surface area contributed by atoms with Crippen LogP contribution in [-0.2, 0) is 0 Å². The third-order valence-electron chi connectivity index (χ3n) is 1.67. The zero-order chi connectivity index (χ0) is 8.55. The van der Waals surface area contributed by atoms with E-state index in [0.717, 1.165) is 5.65 Å². The normalized spacial score (nSPS) is 9.54. The lowest BCUT2D eigenvalue weighted by Gasteiger charge is -1.95. The van der Waals surface area contributed by atoms with Gasteiger partial charge in [0.15, 0.2) is 0 Å². The summed E-state index contributed by atoms with van der Waals surface area (Å²) in [6.45, 7) is 0. The molecule has 0 spiro atoms. The smallest absolute Gasteiger partial charge is 0.250 e. The highest BCUT2D eigenvalue weighted by Crippen LogP contribution is 2.03. The summed E-state index contributed by atoms with van der Waals surface area (Å²) in [6.07, 6.45) is 5.09. The number of carbonyl (C=O) groups excluding carboxylic acids is 1. The van der Waals surface area contributed by atoms with Crippen LogP contribution in [0.15, 0.2) is 30.7 Å². The minimum Gasteiger partial charge on any atom is -0.366 e. The van der Waals surface area contributed by atoms with Gasteiger partial charge >= 0.3 is 0 Å².